The van der Waals surface area contributed by atoms with Gasteiger partial charge in [0.2, 0.25) is 0 Å². The van der Waals surface area contributed by atoms with Crippen molar-refractivity contribution in [2.24, 2.45) is 35.5 Å². The maximum atomic E-state index is 11.4. The summed E-state index contributed by atoms with van der Waals surface area (Å²) < 4.78 is 32.0. The Hall–Kier alpha value is -0.0900. The summed E-state index contributed by atoms with van der Waals surface area (Å²) >= 11 is 0. The van der Waals surface area contributed by atoms with Crippen LogP contribution in [0.4, 0.5) is 0 Å². The molecule has 4 aliphatic carbocycles. The maximum absolute atomic E-state index is 11.4. The Morgan fingerprint density at radius 3 is 2.25 bits per heavy atom. The van der Waals surface area contributed by atoms with E-state index in [4.69, 9.17) is 0 Å². The van der Waals surface area contributed by atoms with Crippen molar-refractivity contribution < 1.29 is 13.0 Å². The average molecular weight is 242 g/mol. The standard InChI is InChI=1S/C12H18O3S/c13-16(14,15)10-5-8-4-9(10)12-7-2-1-6(3-7)11(8)12/h6-12H,1-5H2,(H,13,14,15). The molecule has 16 heavy (non-hydrogen) atoms. The van der Waals surface area contributed by atoms with Crippen molar-refractivity contribution >= 4 is 10.1 Å². The quantitative estimate of drug-likeness (QED) is 0.565. The third-order valence-corrected chi connectivity index (χ3v) is 7.36. The summed E-state index contributed by atoms with van der Waals surface area (Å²) in [4.78, 5) is 0. The molecule has 90 valence electrons. The van der Waals surface area contributed by atoms with Gasteiger partial charge in [-0.1, -0.05) is 0 Å². The zero-order valence-electron chi connectivity index (χ0n) is 9.25. The minimum atomic E-state index is -3.79. The Balaban J connectivity index is 1.71. The predicted molar refractivity (Wildman–Crippen MR) is 59.4 cm³/mol. The number of hydrogen-bond acceptors (Lipinski definition) is 2. The lowest BCUT2D eigenvalue weighted by Gasteiger charge is -2.37. The number of hydrogen-bond donors (Lipinski definition) is 1. The lowest BCUT2D eigenvalue weighted by Crippen LogP contribution is -2.38. The first-order chi connectivity index (χ1) is 7.55. The first-order valence-corrected chi connectivity index (χ1v) is 8.02. The van der Waals surface area contributed by atoms with Crippen LogP contribution in [0.2, 0.25) is 0 Å². The van der Waals surface area contributed by atoms with Crippen LogP contribution < -0.4 is 0 Å². The molecule has 4 aliphatic rings. The molecule has 0 saturated heterocycles. The monoisotopic (exact) mass is 242 g/mol. The van der Waals surface area contributed by atoms with Gasteiger partial charge in [0.25, 0.3) is 10.1 Å². The van der Waals surface area contributed by atoms with Gasteiger partial charge in [0.15, 0.2) is 0 Å². The molecule has 0 aromatic carbocycles. The Morgan fingerprint density at radius 2 is 1.56 bits per heavy atom. The van der Waals surface area contributed by atoms with Crippen LogP contribution in [-0.4, -0.2) is 18.2 Å². The smallest absolute Gasteiger partial charge is 0.268 e. The molecule has 7 atom stereocenters. The van der Waals surface area contributed by atoms with Crippen molar-refractivity contribution in [3.8, 4) is 0 Å². The van der Waals surface area contributed by atoms with Crippen molar-refractivity contribution in [3.05, 3.63) is 0 Å². The van der Waals surface area contributed by atoms with E-state index in [1.165, 1.54) is 19.3 Å². The highest BCUT2D eigenvalue weighted by Gasteiger charge is 2.64. The summed E-state index contributed by atoms with van der Waals surface area (Å²) in [6, 6.07) is 0. The zero-order chi connectivity index (χ0) is 11.1. The van der Waals surface area contributed by atoms with E-state index in [0.29, 0.717) is 17.8 Å². The summed E-state index contributed by atoms with van der Waals surface area (Å²) in [5, 5.41) is -0.418. The van der Waals surface area contributed by atoms with E-state index in [1.807, 2.05) is 0 Å². The van der Waals surface area contributed by atoms with Crippen molar-refractivity contribution in [2.45, 2.75) is 37.4 Å². The fourth-order valence-electron chi connectivity index (χ4n) is 5.85. The largest absolute Gasteiger partial charge is 0.285 e. The predicted octanol–water partition coefficient (Wildman–Crippen LogP) is 1.94. The molecule has 0 aromatic heterocycles. The first-order valence-electron chi connectivity index (χ1n) is 6.52. The second-order valence-corrected chi connectivity index (χ2v) is 8.07. The van der Waals surface area contributed by atoms with Gasteiger partial charge in [-0.25, -0.2) is 0 Å². The molecular formula is C12H18O3S. The number of rotatable bonds is 1. The highest BCUT2D eigenvalue weighted by Crippen LogP contribution is 2.68. The van der Waals surface area contributed by atoms with E-state index in [-0.39, 0.29) is 0 Å². The van der Waals surface area contributed by atoms with Gasteiger partial charge in [-0.05, 0) is 67.6 Å². The molecule has 0 heterocycles. The highest BCUT2D eigenvalue weighted by molar-refractivity contribution is 7.86. The van der Waals surface area contributed by atoms with Gasteiger partial charge >= 0.3 is 0 Å². The molecule has 0 aliphatic heterocycles. The van der Waals surface area contributed by atoms with Crippen LogP contribution in [-0.2, 0) is 10.1 Å². The van der Waals surface area contributed by atoms with Crippen LogP contribution in [0.25, 0.3) is 0 Å². The minimum absolute atomic E-state index is 0.292. The van der Waals surface area contributed by atoms with Gasteiger partial charge in [0, 0.05) is 0 Å². The summed E-state index contributed by atoms with van der Waals surface area (Å²) in [5.41, 5.74) is 0. The van der Waals surface area contributed by atoms with E-state index in [0.717, 1.165) is 30.6 Å². The van der Waals surface area contributed by atoms with Gasteiger partial charge in [-0.15, -0.1) is 0 Å². The van der Waals surface area contributed by atoms with Gasteiger partial charge in [0.1, 0.15) is 0 Å². The van der Waals surface area contributed by atoms with E-state index in [2.05, 4.69) is 0 Å². The van der Waals surface area contributed by atoms with Crippen LogP contribution in [0.3, 0.4) is 0 Å². The molecule has 3 nitrogen and oxygen atoms in total. The Kier molecular flexibility index (Phi) is 1.75. The molecule has 0 aromatic rings. The normalized spacial score (nSPS) is 58.2. The molecule has 0 spiro atoms. The highest BCUT2D eigenvalue weighted by atomic mass is 32.2. The second-order valence-electron chi connectivity index (χ2n) is 6.44. The Bertz CT molecular complexity index is 430. The van der Waals surface area contributed by atoms with E-state index in [9.17, 15) is 13.0 Å². The molecule has 4 bridgehead atoms. The Morgan fingerprint density at radius 1 is 0.875 bits per heavy atom. The summed E-state index contributed by atoms with van der Waals surface area (Å²) in [7, 11) is -3.79. The SMILES string of the molecule is O=S(=O)(O)C1CC2CC1C1C3CCC(C3)C21. The van der Waals surface area contributed by atoms with Crippen molar-refractivity contribution in [1.29, 1.82) is 0 Å². The van der Waals surface area contributed by atoms with Crippen molar-refractivity contribution in [2.75, 3.05) is 0 Å². The van der Waals surface area contributed by atoms with Crippen molar-refractivity contribution in [1.82, 2.24) is 0 Å². The maximum Gasteiger partial charge on any atom is 0.268 e. The molecule has 0 amide bonds. The molecule has 7 unspecified atom stereocenters. The second kappa shape index (κ2) is 2.83. The van der Waals surface area contributed by atoms with Gasteiger partial charge < -0.3 is 0 Å². The third-order valence-electron chi connectivity index (χ3n) is 6.06. The molecule has 4 saturated carbocycles. The fraction of sp³-hybridized carbons (Fsp3) is 1.00. The van der Waals surface area contributed by atoms with Gasteiger partial charge in [-0.2, -0.15) is 8.42 Å². The first kappa shape index (κ1) is 9.89. The van der Waals surface area contributed by atoms with Gasteiger partial charge in [-0.3, -0.25) is 4.55 Å². The van der Waals surface area contributed by atoms with Crippen LogP contribution in [0, 0.1) is 35.5 Å². The lowest BCUT2D eigenvalue weighted by atomic mass is 9.71. The summed E-state index contributed by atoms with van der Waals surface area (Å²) in [5.74, 6) is 4.05. The zero-order valence-corrected chi connectivity index (χ0v) is 10.1. The average Bonchev–Trinajstić information content (AvgIpc) is 2.94. The number of fused-ring (bicyclic) bond motifs is 9. The molecule has 4 rings (SSSR count). The van der Waals surface area contributed by atoms with E-state index in [1.54, 1.807) is 0 Å². The van der Waals surface area contributed by atoms with Gasteiger partial charge in [0.05, 0.1) is 5.25 Å². The molecular weight excluding hydrogens is 224 g/mol. The van der Waals surface area contributed by atoms with Crippen LogP contribution in [0.5, 0.6) is 0 Å². The van der Waals surface area contributed by atoms with E-state index < -0.39 is 15.4 Å². The summed E-state index contributed by atoms with van der Waals surface area (Å²) in [6.07, 6.45) is 5.86. The van der Waals surface area contributed by atoms with Crippen molar-refractivity contribution in [3.63, 3.8) is 0 Å². The fourth-order valence-corrected chi connectivity index (χ4v) is 7.07. The minimum Gasteiger partial charge on any atom is -0.285 e. The van der Waals surface area contributed by atoms with Crippen LogP contribution in [0.1, 0.15) is 32.1 Å². The van der Waals surface area contributed by atoms with E-state index >= 15 is 0 Å². The summed E-state index contributed by atoms with van der Waals surface area (Å²) in [6.45, 7) is 0. The Labute approximate surface area is 96.4 Å². The van der Waals surface area contributed by atoms with Crippen LogP contribution in [0.15, 0.2) is 0 Å². The molecule has 0 radical (unpaired) electrons. The lowest BCUT2D eigenvalue weighted by molar-refractivity contribution is 0.145. The van der Waals surface area contributed by atoms with Crippen LogP contribution >= 0.6 is 0 Å². The molecule has 1 N–H and O–H groups in total. The molecule has 4 heteroatoms. The third kappa shape index (κ3) is 1.05. The molecule has 4 fully saturated rings. The topological polar surface area (TPSA) is 54.4 Å².